The molecule has 0 atom stereocenters. The van der Waals surface area contributed by atoms with Gasteiger partial charge in [0.2, 0.25) is 5.91 Å². The van der Waals surface area contributed by atoms with Crippen LogP contribution < -0.4 is 10.3 Å². The van der Waals surface area contributed by atoms with E-state index in [4.69, 9.17) is 16.3 Å². The molecule has 0 bridgehead atoms. The smallest absolute Gasteiger partial charge is 0.255 e. The number of pyridine rings is 1. The van der Waals surface area contributed by atoms with Crippen LogP contribution in [0.3, 0.4) is 0 Å². The first kappa shape index (κ1) is 20.5. The number of hydrogen-bond acceptors (Lipinski definition) is 5. The number of nitrogens with one attached hydrogen (secondary N) is 1. The number of likely N-dealkylation sites (N-methyl/N-ethyl adjacent to an activating group) is 1. The quantitative estimate of drug-likeness (QED) is 0.644. The zero-order chi connectivity index (χ0) is 20.8. The molecule has 0 aliphatic rings. The molecule has 0 fully saturated rings. The molecule has 8 heteroatoms. The second-order valence-electron chi connectivity index (χ2n) is 6.51. The zero-order valence-electron chi connectivity index (χ0n) is 16.2. The highest BCUT2D eigenvalue weighted by molar-refractivity contribution is 6.30. The van der Waals surface area contributed by atoms with Crippen molar-refractivity contribution in [3.05, 3.63) is 75.4 Å². The summed E-state index contributed by atoms with van der Waals surface area (Å²) in [6.07, 6.45) is 3.24. The number of aromatic amines is 1. The molecule has 1 amide bonds. The van der Waals surface area contributed by atoms with Crippen LogP contribution in [0.1, 0.15) is 11.3 Å². The van der Waals surface area contributed by atoms with Gasteiger partial charge in [-0.3, -0.25) is 14.6 Å². The fourth-order valence-corrected chi connectivity index (χ4v) is 2.83. The Morgan fingerprint density at radius 1 is 1.24 bits per heavy atom. The van der Waals surface area contributed by atoms with E-state index in [0.717, 1.165) is 0 Å². The summed E-state index contributed by atoms with van der Waals surface area (Å²) < 4.78 is 5.61. The van der Waals surface area contributed by atoms with Gasteiger partial charge in [0.1, 0.15) is 18.2 Å². The van der Waals surface area contributed by atoms with E-state index >= 15 is 0 Å². The summed E-state index contributed by atoms with van der Waals surface area (Å²) in [5.74, 6) is 0.925. The minimum atomic E-state index is -0.324. The maximum absolute atomic E-state index is 12.5. The van der Waals surface area contributed by atoms with Crippen molar-refractivity contribution in [1.29, 1.82) is 0 Å². The Morgan fingerprint density at radius 2 is 2.00 bits per heavy atom. The fourth-order valence-electron chi connectivity index (χ4n) is 2.70. The molecule has 1 aromatic carbocycles. The summed E-state index contributed by atoms with van der Waals surface area (Å²) in [5, 5.41) is 0.633. The monoisotopic (exact) mass is 412 g/mol. The van der Waals surface area contributed by atoms with E-state index in [2.05, 4.69) is 15.0 Å². The van der Waals surface area contributed by atoms with Gasteiger partial charge < -0.3 is 14.6 Å². The number of H-pyrrole nitrogens is 1. The third kappa shape index (κ3) is 5.42. The number of benzene rings is 1. The van der Waals surface area contributed by atoms with Crippen molar-refractivity contribution in [3.63, 3.8) is 0 Å². The number of nitrogens with zero attached hydrogens (tertiary/aromatic N) is 3. The molecule has 150 valence electrons. The van der Waals surface area contributed by atoms with Crippen molar-refractivity contribution in [1.82, 2.24) is 19.9 Å². The van der Waals surface area contributed by atoms with Crippen molar-refractivity contribution in [2.45, 2.75) is 13.3 Å². The number of aryl methyl sites for hydroxylation is 1. The lowest BCUT2D eigenvalue weighted by molar-refractivity contribution is -0.129. The highest BCUT2D eigenvalue weighted by Crippen LogP contribution is 2.15. The summed E-state index contributed by atoms with van der Waals surface area (Å²) in [4.78, 5) is 37.7. The topological polar surface area (TPSA) is 88.2 Å². The third-order valence-corrected chi connectivity index (χ3v) is 4.67. The molecule has 2 heterocycles. The van der Waals surface area contributed by atoms with Gasteiger partial charge >= 0.3 is 0 Å². The van der Waals surface area contributed by atoms with Crippen LogP contribution >= 0.6 is 11.6 Å². The summed E-state index contributed by atoms with van der Waals surface area (Å²) in [7, 11) is 1.68. The average Bonchev–Trinajstić information content (AvgIpc) is 2.72. The van der Waals surface area contributed by atoms with Gasteiger partial charge in [0.25, 0.3) is 5.56 Å². The van der Waals surface area contributed by atoms with Crippen LogP contribution in [0.25, 0.3) is 11.4 Å². The number of rotatable bonds is 7. The van der Waals surface area contributed by atoms with Crippen LogP contribution in [0.15, 0.2) is 53.6 Å². The first-order chi connectivity index (χ1) is 13.9. The van der Waals surface area contributed by atoms with Crippen LogP contribution in [-0.2, 0) is 11.2 Å². The van der Waals surface area contributed by atoms with E-state index in [-0.39, 0.29) is 17.9 Å². The first-order valence-corrected chi connectivity index (χ1v) is 9.44. The summed E-state index contributed by atoms with van der Waals surface area (Å²) in [5.41, 5.74) is 1.26. The SMILES string of the molecule is Cc1nc(-c2cccnc2)[nH]c(=O)c1CC(=O)N(C)CCOc1ccc(Cl)cc1. The lowest BCUT2D eigenvalue weighted by atomic mass is 10.1. The van der Waals surface area contributed by atoms with Crippen molar-refractivity contribution in [3.8, 4) is 17.1 Å². The number of halogens is 1. The summed E-state index contributed by atoms with van der Waals surface area (Å²) >= 11 is 5.84. The van der Waals surface area contributed by atoms with E-state index < -0.39 is 0 Å². The van der Waals surface area contributed by atoms with Crippen LogP contribution in [-0.4, -0.2) is 46.0 Å². The van der Waals surface area contributed by atoms with Crippen LogP contribution in [0.5, 0.6) is 5.75 Å². The number of amides is 1. The molecule has 0 unspecified atom stereocenters. The highest BCUT2D eigenvalue weighted by Gasteiger charge is 2.16. The minimum absolute atomic E-state index is 0.0288. The number of carbonyl (C=O) groups excluding carboxylic acids is 1. The number of carbonyl (C=O) groups is 1. The average molecular weight is 413 g/mol. The molecule has 1 N–H and O–H groups in total. The molecule has 7 nitrogen and oxygen atoms in total. The van der Waals surface area contributed by atoms with Gasteiger partial charge in [-0.05, 0) is 43.3 Å². The Kier molecular flexibility index (Phi) is 6.61. The maximum atomic E-state index is 12.5. The number of hydrogen-bond donors (Lipinski definition) is 1. The van der Waals surface area contributed by atoms with Crippen molar-refractivity contribution < 1.29 is 9.53 Å². The molecule has 0 saturated carbocycles. The van der Waals surface area contributed by atoms with Crippen LogP contribution in [0.2, 0.25) is 5.02 Å². The molecule has 3 rings (SSSR count). The van der Waals surface area contributed by atoms with Gasteiger partial charge in [-0.25, -0.2) is 4.98 Å². The van der Waals surface area contributed by atoms with Crippen molar-refractivity contribution >= 4 is 17.5 Å². The van der Waals surface area contributed by atoms with E-state index in [1.165, 1.54) is 4.90 Å². The molecule has 2 aromatic heterocycles. The summed E-state index contributed by atoms with van der Waals surface area (Å²) in [6, 6.07) is 10.6. The van der Waals surface area contributed by atoms with E-state index in [9.17, 15) is 9.59 Å². The van der Waals surface area contributed by atoms with Crippen molar-refractivity contribution in [2.75, 3.05) is 20.2 Å². The molecule has 0 saturated heterocycles. The Hall–Kier alpha value is -3.19. The predicted octanol–water partition coefficient (Wildman–Crippen LogP) is 2.87. The Bertz CT molecular complexity index is 1040. The molecular formula is C21H21ClN4O3. The van der Waals surface area contributed by atoms with Gasteiger partial charge in [0.05, 0.1) is 13.0 Å². The van der Waals surface area contributed by atoms with E-state index in [1.54, 1.807) is 56.7 Å². The predicted molar refractivity (Wildman–Crippen MR) is 111 cm³/mol. The van der Waals surface area contributed by atoms with Crippen LogP contribution in [0, 0.1) is 6.92 Å². The maximum Gasteiger partial charge on any atom is 0.255 e. The van der Waals surface area contributed by atoms with Gasteiger partial charge in [0.15, 0.2) is 0 Å². The second kappa shape index (κ2) is 9.34. The van der Waals surface area contributed by atoms with Gasteiger partial charge in [-0.2, -0.15) is 0 Å². The van der Waals surface area contributed by atoms with Crippen LogP contribution in [0.4, 0.5) is 0 Å². The number of ether oxygens (including phenoxy) is 1. The highest BCUT2D eigenvalue weighted by atomic mass is 35.5. The van der Waals surface area contributed by atoms with Crippen molar-refractivity contribution in [2.24, 2.45) is 0 Å². The number of aromatic nitrogens is 3. The largest absolute Gasteiger partial charge is 0.492 e. The summed E-state index contributed by atoms with van der Waals surface area (Å²) in [6.45, 7) is 2.44. The van der Waals surface area contributed by atoms with Gasteiger partial charge in [-0.1, -0.05) is 11.6 Å². The Balaban J connectivity index is 1.60. The Morgan fingerprint density at radius 3 is 2.66 bits per heavy atom. The molecule has 0 spiro atoms. The lowest BCUT2D eigenvalue weighted by Crippen LogP contribution is -2.34. The fraction of sp³-hybridized carbons (Fsp3) is 0.238. The van der Waals surface area contributed by atoms with Gasteiger partial charge in [-0.15, -0.1) is 0 Å². The molecular weight excluding hydrogens is 392 g/mol. The van der Waals surface area contributed by atoms with Gasteiger partial charge in [0, 0.05) is 41.3 Å². The first-order valence-electron chi connectivity index (χ1n) is 9.06. The normalized spacial score (nSPS) is 10.6. The molecule has 0 radical (unpaired) electrons. The molecule has 0 aliphatic carbocycles. The van der Waals surface area contributed by atoms with E-state index in [1.807, 2.05) is 6.07 Å². The lowest BCUT2D eigenvalue weighted by Gasteiger charge is -2.18. The second-order valence-corrected chi connectivity index (χ2v) is 6.95. The molecule has 29 heavy (non-hydrogen) atoms. The zero-order valence-corrected chi connectivity index (χ0v) is 16.9. The molecule has 0 aliphatic heterocycles. The molecule has 3 aromatic rings. The van der Waals surface area contributed by atoms with E-state index in [0.29, 0.717) is 46.6 Å². The standard InChI is InChI=1S/C21H21ClN4O3/c1-14-18(21(28)25-20(24-14)15-4-3-9-23-13-15)12-19(27)26(2)10-11-29-17-7-5-16(22)6-8-17/h3-9,13H,10-12H2,1-2H3,(H,24,25,28). The Labute approximate surface area is 173 Å². The third-order valence-electron chi connectivity index (χ3n) is 4.42. The minimum Gasteiger partial charge on any atom is -0.492 e.